The van der Waals surface area contributed by atoms with E-state index in [0.717, 1.165) is 38.9 Å². The van der Waals surface area contributed by atoms with Crippen LogP contribution in [0.5, 0.6) is 5.75 Å². The number of nitrogens with zero attached hydrogens (tertiary/aromatic N) is 1. The van der Waals surface area contributed by atoms with Crippen LogP contribution in [0.2, 0.25) is 0 Å². The lowest BCUT2D eigenvalue weighted by atomic mass is 9.90. The summed E-state index contributed by atoms with van der Waals surface area (Å²) in [6.07, 6.45) is 2.53. The monoisotopic (exact) mass is 482 g/mol. The smallest absolute Gasteiger partial charge is 0.235 e. The Labute approximate surface area is 210 Å². The maximum atomic E-state index is 13.1. The van der Waals surface area contributed by atoms with Gasteiger partial charge < -0.3 is 20.8 Å². The molecule has 0 aliphatic carbocycles. The van der Waals surface area contributed by atoms with Crippen molar-refractivity contribution in [2.75, 3.05) is 20.2 Å². The van der Waals surface area contributed by atoms with E-state index in [0.29, 0.717) is 19.5 Å². The van der Waals surface area contributed by atoms with E-state index in [1.54, 1.807) is 7.11 Å². The number of nitrogens with one attached hydrogen (secondary N) is 2. The van der Waals surface area contributed by atoms with Crippen LogP contribution >= 0.6 is 0 Å². The van der Waals surface area contributed by atoms with Gasteiger partial charge in [0.15, 0.2) is 0 Å². The summed E-state index contributed by atoms with van der Waals surface area (Å²) in [6.45, 7) is 1.03. The number of hydrogen-bond acceptors (Lipinski definition) is 4. The number of amides is 2. The van der Waals surface area contributed by atoms with Crippen molar-refractivity contribution in [1.29, 1.82) is 0 Å². The van der Waals surface area contributed by atoms with E-state index in [9.17, 15) is 9.59 Å². The van der Waals surface area contributed by atoms with Crippen molar-refractivity contribution in [3.63, 3.8) is 0 Å². The molecule has 36 heavy (non-hydrogen) atoms. The second-order valence-electron chi connectivity index (χ2n) is 9.22. The van der Waals surface area contributed by atoms with E-state index in [1.165, 1.54) is 0 Å². The molecule has 4 N–H and O–H groups in total. The number of aromatic amines is 1. The standard InChI is InChI=1S/C29H30N4O3/c1-36-22-12-10-19(11-13-22)24(25-16-31-26-9-5-4-8-23(25)26)15-32-28(34)18-33-17-21-7-3-2-6-20(21)14-27(33)29(30)35/h2-13,16,24,27,31H,14-15,17-18H2,1H3,(H2,30,35)(H,32,34)/t24-,27+/m1/s1. The Balaban J connectivity index is 1.35. The predicted molar refractivity (Wildman–Crippen MR) is 140 cm³/mol. The Hall–Kier alpha value is -4.10. The van der Waals surface area contributed by atoms with Crippen molar-refractivity contribution < 1.29 is 14.3 Å². The first-order chi connectivity index (χ1) is 17.5. The molecule has 1 aliphatic heterocycles. The Morgan fingerprint density at radius 2 is 1.78 bits per heavy atom. The number of methoxy groups -OCH3 is 1. The molecule has 0 bridgehead atoms. The zero-order chi connectivity index (χ0) is 25.1. The molecule has 184 valence electrons. The first-order valence-corrected chi connectivity index (χ1v) is 12.1. The maximum Gasteiger partial charge on any atom is 0.235 e. The van der Waals surface area contributed by atoms with Gasteiger partial charge in [0.25, 0.3) is 0 Å². The molecule has 1 aromatic heterocycles. The third-order valence-electron chi connectivity index (χ3n) is 7.04. The first-order valence-electron chi connectivity index (χ1n) is 12.1. The molecule has 4 aromatic rings. The summed E-state index contributed by atoms with van der Waals surface area (Å²) in [5.41, 5.74) is 11.2. The summed E-state index contributed by atoms with van der Waals surface area (Å²) in [5, 5.41) is 4.24. The molecular formula is C29H30N4O3. The minimum absolute atomic E-state index is 0.0648. The molecule has 0 unspecified atom stereocenters. The van der Waals surface area contributed by atoms with Gasteiger partial charge in [-0.15, -0.1) is 0 Å². The summed E-state index contributed by atoms with van der Waals surface area (Å²) in [5.74, 6) is 0.166. The lowest BCUT2D eigenvalue weighted by Crippen LogP contribution is -2.52. The Morgan fingerprint density at radius 3 is 2.53 bits per heavy atom. The zero-order valence-corrected chi connectivity index (χ0v) is 20.2. The van der Waals surface area contributed by atoms with E-state index < -0.39 is 11.9 Å². The van der Waals surface area contributed by atoms with Gasteiger partial charge in [0.05, 0.1) is 19.7 Å². The number of carbonyl (C=O) groups is 2. The normalized spacial score (nSPS) is 16.3. The van der Waals surface area contributed by atoms with Crippen LogP contribution in [0.4, 0.5) is 0 Å². The molecule has 2 amide bonds. The average molecular weight is 483 g/mol. The molecule has 0 saturated carbocycles. The number of benzene rings is 3. The summed E-state index contributed by atoms with van der Waals surface area (Å²) in [6, 6.07) is 23.6. The van der Waals surface area contributed by atoms with Crippen LogP contribution in [0.25, 0.3) is 10.9 Å². The number of rotatable bonds is 8. The van der Waals surface area contributed by atoms with Crippen molar-refractivity contribution in [3.05, 3.63) is 101 Å². The fourth-order valence-corrected chi connectivity index (χ4v) is 5.11. The molecule has 7 heteroatoms. The topological polar surface area (TPSA) is 100 Å². The number of H-pyrrole nitrogens is 1. The third-order valence-corrected chi connectivity index (χ3v) is 7.04. The predicted octanol–water partition coefficient (Wildman–Crippen LogP) is 3.34. The number of hydrogen-bond donors (Lipinski definition) is 3. The average Bonchev–Trinajstić information content (AvgIpc) is 3.32. The zero-order valence-electron chi connectivity index (χ0n) is 20.2. The highest BCUT2D eigenvalue weighted by Crippen LogP contribution is 2.31. The maximum absolute atomic E-state index is 13.1. The molecule has 5 rings (SSSR count). The van der Waals surface area contributed by atoms with E-state index >= 15 is 0 Å². The van der Waals surface area contributed by atoms with Crippen LogP contribution in [-0.2, 0) is 22.6 Å². The first kappa shape index (κ1) is 23.6. The van der Waals surface area contributed by atoms with E-state index in [4.69, 9.17) is 10.5 Å². The highest BCUT2D eigenvalue weighted by Gasteiger charge is 2.31. The molecule has 0 fully saturated rings. The lowest BCUT2D eigenvalue weighted by molar-refractivity contribution is -0.127. The highest BCUT2D eigenvalue weighted by atomic mass is 16.5. The molecule has 3 aromatic carbocycles. The quantitative estimate of drug-likeness (QED) is 0.359. The summed E-state index contributed by atoms with van der Waals surface area (Å²) < 4.78 is 5.33. The van der Waals surface area contributed by atoms with Crippen molar-refractivity contribution in [1.82, 2.24) is 15.2 Å². The van der Waals surface area contributed by atoms with Crippen LogP contribution in [0.15, 0.2) is 79.0 Å². The van der Waals surface area contributed by atoms with E-state index in [2.05, 4.69) is 16.4 Å². The molecule has 0 radical (unpaired) electrons. The van der Waals surface area contributed by atoms with Gasteiger partial charge in [-0.3, -0.25) is 14.5 Å². The second-order valence-corrected chi connectivity index (χ2v) is 9.22. The molecule has 0 spiro atoms. The molecule has 2 heterocycles. The SMILES string of the molecule is COc1ccc([C@@H](CNC(=O)CN2Cc3ccccc3C[C@H]2C(N)=O)c2c[nH]c3ccccc23)cc1. The largest absolute Gasteiger partial charge is 0.497 e. The minimum Gasteiger partial charge on any atom is -0.497 e. The van der Waals surface area contributed by atoms with E-state index in [-0.39, 0.29) is 18.4 Å². The van der Waals surface area contributed by atoms with Crippen LogP contribution in [0, 0.1) is 0 Å². The van der Waals surface area contributed by atoms with Crippen molar-refractivity contribution in [3.8, 4) is 5.75 Å². The van der Waals surface area contributed by atoms with Crippen molar-refractivity contribution in [2.45, 2.75) is 24.9 Å². The van der Waals surface area contributed by atoms with Crippen molar-refractivity contribution in [2.24, 2.45) is 5.73 Å². The fraction of sp³-hybridized carbons (Fsp3) is 0.241. The number of nitrogens with two attached hydrogens (primary N) is 1. The number of carbonyl (C=O) groups excluding carboxylic acids is 2. The summed E-state index contributed by atoms with van der Waals surface area (Å²) in [7, 11) is 1.64. The summed E-state index contributed by atoms with van der Waals surface area (Å²) >= 11 is 0. The Bertz CT molecular complexity index is 1380. The Kier molecular flexibility index (Phi) is 6.73. The number of primary amides is 1. The van der Waals surface area contributed by atoms with Crippen LogP contribution in [-0.4, -0.2) is 47.9 Å². The number of fused-ring (bicyclic) bond motifs is 2. The van der Waals surface area contributed by atoms with Gasteiger partial charge in [0.2, 0.25) is 11.8 Å². The second kappa shape index (κ2) is 10.3. The van der Waals surface area contributed by atoms with Gasteiger partial charge in [-0.2, -0.15) is 0 Å². The molecule has 1 aliphatic rings. The van der Waals surface area contributed by atoms with Gasteiger partial charge in [-0.1, -0.05) is 54.6 Å². The lowest BCUT2D eigenvalue weighted by Gasteiger charge is -2.34. The van der Waals surface area contributed by atoms with Gasteiger partial charge in [-0.25, -0.2) is 0 Å². The molecule has 2 atom stereocenters. The van der Waals surface area contributed by atoms with Gasteiger partial charge in [0, 0.05) is 36.1 Å². The molecule has 0 saturated heterocycles. The van der Waals surface area contributed by atoms with Crippen molar-refractivity contribution >= 4 is 22.7 Å². The molecular weight excluding hydrogens is 452 g/mol. The van der Waals surface area contributed by atoms with Gasteiger partial charge >= 0.3 is 0 Å². The fourth-order valence-electron chi connectivity index (χ4n) is 5.11. The molecule has 7 nitrogen and oxygen atoms in total. The van der Waals surface area contributed by atoms with Gasteiger partial charge in [0.1, 0.15) is 5.75 Å². The minimum atomic E-state index is -0.503. The van der Waals surface area contributed by atoms with E-state index in [1.807, 2.05) is 77.8 Å². The Morgan fingerprint density at radius 1 is 1.06 bits per heavy atom. The number of ether oxygens (including phenoxy) is 1. The highest BCUT2D eigenvalue weighted by molar-refractivity contribution is 5.85. The van der Waals surface area contributed by atoms with Crippen LogP contribution in [0.1, 0.15) is 28.2 Å². The van der Waals surface area contributed by atoms with Crippen LogP contribution < -0.4 is 15.8 Å². The number of aromatic nitrogens is 1. The third kappa shape index (κ3) is 4.83. The summed E-state index contributed by atoms with van der Waals surface area (Å²) in [4.78, 5) is 30.5. The van der Waals surface area contributed by atoms with Gasteiger partial charge in [-0.05, 0) is 46.9 Å². The van der Waals surface area contributed by atoms with Crippen LogP contribution in [0.3, 0.4) is 0 Å². The number of para-hydroxylation sites is 1.